The number of thioether (sulfide) groups is 1. The number of rotatable bonds is 8. The van der Waals surface area contributed by atoms with Crippen LogP contribution >= 0.6 is 23.1 Å². The van der Waals surface area contributed by atoms with Crippen LogP contribution in [0.15, 0.2) is 10.3 Å². The molecule has 0 spiro atoms. The highest BCUT2D eigenvalue weighted by molar-refractivity contribution is 7.99. The molecule has 0 amide bonds. The number of nitrogens with one attached hydrogen (secondary N) is 1. The lowest BCUT2D eigenvalue weighted by Gasteiger charge is -2.12. The zero-order chi connectivity index (χ0) is 15.3. The van der Waals surface area contributed by atoms with Gasteiger partial charge in [0.05, 0.1) is 0 Å². The largest absolute Gasteiger partial charge is 0.477 e. The molecule has 0 saturated heterocycles. The van der Waals surface area contributed by atoms with Gasteiger partial charge in [-0.2, -0.15) is 11.8 Å². The van der Waals surface area contributed by atoms with Crippen molar-refractivity contribution in [2.75, 3.05) is 11.5 Å². The summed E-state index contributed by atoms with van der Waals surface area (Å²) in [5.41, 5.74) is 0.470. The molecule has 2 N–H and O–H groups in total. The first-order valence-corrected chi connectivity index (χ1v) is 9.67. The molecule has 0 aromatic carbocycles. The number of sulfonamides is 1. The van der Waals surface area contributed by atoms with Crippen molar-refractivity contribution in [3.05, 3.63) is 16.5 Å². The minimum atomic E-state index is -3.64. The van der Waals surface area contributed by atoms with Crippen molar-refractivity contribution in [3.63, 3.8) is 0 Å². The van der Waals surface area contributed by atoms with E-state index in [9.17, 15) is 13.2 Å². The smallest absolute Gasteiger partial charge is 0.346 e. The van der Waals surface area contributed by atoms with Gasteiger partial charge in [-0.3, -0.25) is 0 Å². The molecule has 5 nitrogen and oxygen atoms in total. The van der Waals surface area contributed by atoms with Gasteiger partial charge in [0, 0.05) is 6.04 Å². The van der Waals surface area contributed by atoms with Gasteiger partial charge >= 0.3 is 5.97 Å². The first-order chi connectivity index (χ1) is 9.27. The van der Waals surface area contributed by atoms with Crippen LogP contribution in [0.4, 0.5) is 0 Å². The topological polar surface area (TPSA) is 83.5 Å². The van der Waals surface area contributed by atoms with Crippen LogP contribution in [0.2, 0.25) is 0 Å². The summed E-state index contributed by atoms with van der Waals surface area (Å²) in [4.78, 5) is 11.0. The number of thiophene rings is 1. The molecule has 0 saturated carbocycles. The molecule has 0 aliphatic carbocycles. The third kappa shape index (κ3) is 4.76. The van der Waals surface area contributed by atoms with E-state index in [4.69, 9.17) is 5.11 Å². The molecule has 1 aromatic rings. The number of carboxylic acid groups (broad SMARTS) is 1. The Morgan fingerprint density at radius 2 is 2.20 bits per heavy atom. The number of hydrogen-bond donors (Lipinski definition) is 2. The summed E-state index contributed by atoms with van der Waals surface area (Å²) in [5.74, 6) is 0.802. The summed E-state index contributed by atoms with van der Waals surface area (Å²) in [6, 6.07) is 1.24. The molecule has 0 bridgehead atoms. The Morgan fingerprint density at radius 1 is 1.55 bits per heavy atom. The zero-order valence-corrected chi connectivity index (χ0v) is 14.1. The van der Waals surface area contributed by atoms with Gasteiger partial charge in [-0.1, -0.05) is 6.92 Å². The van der Waals surface area contributed by atoms with Crippen molar-refractivity contribution >= 4 is 39.1 Å². The number of carboxylic acids is 1. The summed E-state index contributed by atoms with van der Waals surface area (Å²) >= 11 is 2.55. The van der Waals surface area contributed by atoms with E-state index >= 15 is 0 Å². The van der Waals surface area contributed by atoms with Crippen molar-refractivity contribution in [1.82, 2.24) is 4.72 Å². The minimum Gasteiger partial charge on any atom is -0.477 e. The van der Waals surface area contributed by atoms with Gasteiger partial charge < -0.3 is 5.11 Å². The monoisotopic (exact) mass is 337 g/mol. The first-order valence-electron chi connectivity index (χ1n) is 6.21. The minimum absolute atomic E-state index is 0.0578. The van der Waals surface area contributed by atoms with Crippen LogP contribution in [0.5, 0.6) is 0 Å². The van der Waals surface area contributed by atoms with Gasteiger partial charge in [0.15, 0.2) is 0 Å². The number of hydrogen-bond acceptors (Lipinski definition) is 5. The fourth-order valence-corrected chi connectivity index (χ4v) is 5.07. The lowest BCUT2D eigenvalue weighted by atomic mass is 10.3. The zero-order valence-electron chi connectivity index (χ0n) is 11.7. The molecule has 0 fully saturated rings. The Morgan fingerprint density at radius 3 is 2.70 bits per heavy atom. The highest BCUT2D eigenvalue weighted by Crippen LogP contribution is 2.26. The molecule has 1 unspecified atom stereocenters. The van der Waals surface area contributed by atoms with Gasteiger partial charge in [-0.25, -0.2) is 17.9 Å². The summed E-state index contributed by atoms with van der Waals surface area (Å²) in [7, 11) is -3.64. The van der Waals surface area contributed by atoms with Gasteiger partial charge in [-0.05, 0) is 43.4 Å². The lowest BCUT2D eigenvalue weighted by Crippen LogP contribution is -2.32. The summed E-state index contributed by atoms with van der Waals surface area (Å²) in [6.45, 7) is 5.47. The van der Waals surface area contributed by atoms with Crippen molar-refractivity contribution in [2.24, 2.45) is 0 Å². The molecule has 0 aliphatic heterocycles. The van der Waals surface area contributed by atoms with Crippen molar-refractivity contribution in [1.29, 1.82) is 0 Å². The maximum atomic E-state index is 12.2. The molecule has 0 radical (unpaired) electrons. The van der Waals surface area contributed by atoms with Crippen LogP contribution in [0.1, 0.15) is 35.5 Å². The number of carbonyl (C=O) groups is 1. The highest BCUT2D eigenvalue weighted by atomic mass is 32.2. The Kier molecular flexibility index (Phi) is 6.50. The van der Waals surface area contributed by atoms with E-state index in [0.29, 0.717) is 5.56 Å². The summed E-state index contributed by atoms with van der Waals surface area (Å²) in [6.07, 6.45) is 0.744. The second kappa shape index (κ2) is 7.44. The highest BCUT2D eigenvalue weighted by Gasteiger charge is 2.23. The van der Waals surface area contributed by atoms with Crippen LogP contribution < -0.4 is 4.72 Å². The molecule has 20 heavy (non-hydrogen) atoms. The number of aromatic carboxylic acids is 1. The third-order valence-corrected chi connectivity index (χ3v) is 6.83. The second-order valence-electron chi connectivity index (χ2n) is 4.39. The van der Waals surface area contributed by atoms with E-state index in [1.54, 1.807) is 18.7 Å². The molecule has 8 heteroatoms. The SMILES string of the molecule is CCSCCC(C)NS(=O)(=O)c1cc(C)c(C(=O)O)s1. The van der Waals surface area contributed by atoms with E-state index in [-0.39, 0.29) is 15.1 Å². The number of aryl methyl sites for hydroxylation is 1. The van der Waals surface area contributed by atoms with E-state index in [1.165, 1.54) is 6.07 Å². The normalized spacial score (nSPS) is 13.3. The quantitative estimate of drug-likeness (QED) is 0.712. The first kappa shape index (κ1) is 17.5. The van der Waals surface area contributed by atoms with Crippen molar-refractivity contribution in [3.8, 4) is 0 Å². The van der Waals surface area contributed by atoms with E-state index < -0.39 is 16.0 Å². The predicted octanol–water partition coefficient (Wildman–Crippen LogP) is 2.56. The van der Waals surface area contributed by atoms with Gasteiger partial charge in [0.25, 0.3) is 0 Å². The molecular formula is C12H19NO4S3. The van der Waals surface area contributed by atoms with Gasteiger partial charge in [0.2, 0.25) is 10.0 Å². The van der Waals surface area contributed by atoms with Crippen LogP contribution in [0, 0.1) is 6.92 Å². The second-order valence-corrected chi connectivity index (χ2v) is 8.78. The van der Waals surface area contributed by atoms with E-state index in [1.807, 2.05) is 6.92 Å². The Balaban J connectivity index is 2.78. The van der Waals surface area contributed by atoms with Gasteiger partial charge in [0.1, 0.15) is 9.09 Å². The molecular weight excluding hydrogens is 318 g/mol. The maximum absolute atomic E-state index is 12.2. The Bertz CT molecular complexity index is 565. The summed E-state index contributed by atoms with van der Waals surface area (Å²) < 4.78 is 27.0. The third-order valence-electron chi connectivity index (χ3n) is 2.61. The average Bonchev–Trinajstić information content (AvgIpc) is 2.72. The maximum Gasteiger partial charge on any atom is 0.346 e. The molecule has 0 aliphatic rings. The van der Waals surface area contributed by atoms with Gasteiger partial charge in [-0.15, -0.1) is 11.3 Å². The van der Waals surface area contributed by atoms with E-state index in [0.717, 1.165) is 29.3 Å². The lowest BCUT2D eigenvalue weighted by molar-refractivity contribution is 0.0701. The fraction of sp³-hybridized carbons (Fsp3) is 0.583. The van der Waals surface area contributed by atoms with E-state index in [2.05, 4.69) is 11.6 Å². The fourth-order valence-electron chi connectivity index (χ4n) is 1.58. The average molecular weight is 337 g/mol. The summed E-state index contributed by atoms with van der Waals surface area (Å²) in [5, 5.41) is 8.96. The van der Waals surface area contributed by atoms with Crippen LogP contribution in [-0.2, 0) is 10.0 Å². The molecule has 1 aromatic heterocycles. The molecule has 114 valence electrons. The Labute approximate surface area is 127 Å². The van der Waals surface area contributed by atoms with Crippen molar-refractivity contribution < 1.29 is 18.3 Å². The van der Waals surface area contributed by atoms with Crippen LogP contribution in [-0.4, -0.2) is 37.0 Å². The van der Waals surface area contributed by atoms with Crippen molar-refractivity contribution in [2.45, 2.75) is 37.4 Å². The predicted molar refractivity (Wildman–Crippen MR) is 83.4 cm³/mol. The Hall–Kier alpha value is -0.570. The molecule has 1 atom stereocenters. The molecule has 1 rings (SSSR count). The van der Waals surface area contributed by atoms with Crippen LogP contribution in [0.3, 0.4) is 0 Å². The van der Waals surface area contributed by atoms with Crippen LogP contribution in [0.25, 0.3) is 0 Å². The standard InChI is InChI=1S/C12H19NO4S3/c1-4-18-6-5-9(3)13-20(16,17)10-7-8(2)11(19-10)12(14)15/h7,9,13H,4-6H2,1-3H3,(H,14,15). The molecule has 1 heterocycles.